The van der Waals surface area contributed by atoms with Gasteiger partial charge in [0.15, 0.2) is 0 Å². The van der Waals surface area contributed by atoms with E-state index < -0.39 is 17.8 Å². The first-order chi connectivity index (χ1) is 10.5. The molecule has 2 rings (SSSR count). The number of benzene rings is 1. The lowest BCUT2D eigenvalue weighted by Crippen LogP contribution is -2.34. The maximum absolute atomic E-state index is 12.0. The molecule has 8 nitrogen and oxygen atoms in total. The Morgan fingerprint density at radius 1 is 1.36 bits per heavy atom. The zero-order valence-electron chi connectivity index (χ0n) is 11.7. The van der Waals surface area contributed by atoms with E-state index in [1.807, 2.05) is 0 Å². The van der Waals surface area contributed by atoms with Crippen molar-refractivity contribution in [2.75, 3.05) is 25.6 Å². The van der Waals surface area contributed by atoms with Gasteiger partial charge in [-0.2, -0.15) is 0 Å². The molecule has 0 radical (unpaired) electrons. The zero-order chi connectivity index (χ0) is 16.3. The van der Waals surface area contributed by atoms with E-state index in [-0.39, 0.29) is 30.1 Å². The highest BCUT2D eigenvalue weighted by molar-refractivity contribution is 6.17. The minimum Gasteiger partial charge on any atom is -0.497 e. The molecule has 0 saturated heterocycles. The van der Waals surface area contributed by atoms with Crippen molar-refractivity contribution in [2.45, 2.75) is 0 Å². The Hall–Kier alpha value is -2.87. The molecule has 1 aromatic carbocycles. The summed E-state index contributed by atoms with van der Waals surface area (Å²) < 4.78 is 4.95. The minimum absolute atomic E-state index is 0.0499. The van der Waals surface area contributed by atoms with Gasteiger partial charge in [0.05, 0.1) is 31.5 Å². The third-order valence-corrected chi connectivity index (χ3v) is 3.06. The maximum Gasteiger partial charge on any atom is 0.337 e. The molecular formula is C14H14N2O6. The van der Waals surface area contributed by atoms with Gasteiger partial charge >= 0.3 is 5.97 Å². The highest BCUT2D eigenvalue weighted by atomic mass is 16.5. The smallest absolute Gasteiger partial charge is 0.337 e. The number of hydrogen-bond acceptors (Lipinski definition) is 6. The van der Waals surface area contributed by atoms with E-state index >= 15 is 0 Å². The number of amides is 2. The highest BCUT2D eigenvalue weighted by Gasteiger charge is 2.31. The molecule has 1 aliphatic rings. The number of carboxylic acids is 1. The first kappa shape index (κ1) is 15.5. The number of imide groups is 1. The van der Waals surface area contributed by atoms with E-state index in [2.05, 4.69) is 5.32 Å². The number of methoxy groups -OCH3 is 1. The monoisotopic (exact) mass is 306 g/mol. The largest absolute Gasteiger partial charge is 0.497 e. The zero-order valence-corrected chi connectivity index (χ0v) is 11.7. The van der Waals surface area contributed by atoms with E-state index in [0.717, 1.165) is 11.0 Å². The van der Waals surface area contributed by atoms with E-state index in [4.69, 9.17) is 9.84 Å². The summed E-state index contributed by atoms with van der Waals surface area (Å²) in [6.07, 6.45) is 1.06. The van der Waals surface area contributed by atoms with Gasteiger partial charge in [0.25, 0.3) is 11.8 Å². The molecule has 22 heavy (non-hydrogen) atoms. The summed E-state index contributed by atoms with van der Waals surface area (Å²) in [5.41, 5.74) is 0.0128. The number of aliphatic hydroxyl groups is 1. The normalized spacial score (nSPS) is 14.1. The Balaban J connectivity index is 2.28. The van der Waals surface area contributed by atoms with E-state index in [1.165, 1.54) is 25.3 Å². The molecule has 0 unspecified atom stereocenters. The van der Waals surface area contributed by atoms with Crippen molar-refractivity contribution in [2.24, 2.45) is 0 Å². The van der Waals surface area contributed by atoms with Gasteiger partial charge in [-0.1, -0.05) is 0 Å². The van der Waals surface area contributed by atoms with E-state index in [0.29, 0.717) is 5.75 Å². The molecule has 0 bridgehead atoms. The fraction of sp³-hybridized carbons (Fsp3) is 0.214. The summed E-state index contributed by atoms with van der Waals surface area (Å²) in [5, 5.41) is 20.7. The number of carbonyl (C=O) groups is 3. The summed E-state index contributed by atoms with van der Waals surface area (Å²) in [6.45, 7) is -0.463. The van der Waals surface area contributed by atoms with Gasteiger partial charge in [0.2, 0.25) is 0 Å². The number of aliphatic hydroxyl groups excluding tert-OH is 1. The molecule has 0 fully saturated rings. The fourth-order valence-electron chi connectivity index (χ4n) is 1.99. The van der Waals surface area contributed by atoms with Gasteiger partial charge in [0.1, 0.15) is 11.4 Å². The lowest BCUT2D eigenvalue weighted by atomic mass is 10.1. The molecule has 116 valence electrons. The summed E-state index contributed by atoms with van der Waals surface area (Å²) in [5.74, 6) is -2.03. The Morgan fingerprint density at radius 3 is 2.68 bits per heavy atom. The Bertz CT molecular complexity index is 667. The summed E-state index contributed by atoms with van der Waals surface area (Å²) >= 11 is 0. The van der Waals surface area contributed by atoms with Crippen LogP contribution in [0.3, 0.4) is 0 Å². The molecule has 3 N–H and O–H groups in total. The summed E-state index contributed by atoms with van der Waals surface area (Å²) in [4.78, 5) is 35.8. The quantitative estimate of drug-likeness (QED) is 0.636. The summed E-state index contributed by atoms with van der Waals surface area (Å²) in [6, 6.07) is 4.27. The SMILES string of the molecule is COc1ccc(NC2=CC(=O)N(CCO)C2=O)c(C(=O)O)c1. The standard InChI is InChI=1S/C14H14N2O6/c1-22-8-2-3-10(9(6-8)14(20)21)15-11-7-12(18)16(4-5-17)13(11)19/h2-3,6-7,15,17H,4-5H2,1H3,(H,20,21). The molecule has 8 heteroatoms. The van der Waals surface area contributed by atoms with Gasteiger partial charge in [-0.05, 0) is 18.2 Å². The number of anilines is 1. The Morgan fingerprint density at radius 2 is 2.09 bits per heavy atom. The molecule has 1 aliphatic heterocycles. The van der Waals surface area contributed by atoms with Crippen molar-refractivity contribution in [3.05, 3.63) is 35.5 Å². The van der Waals surface area contributed by atoms with E-state index in [1.54, 1.807) is 0 Å². The van der Waals surface area contributed by atoms with E-state index in [9.17, 15) is 19.5 Å². The fourth-order valence-corrected chi connectivity index (χ4v) is 1.99. The van der Waals surface area contributed by atoms with Gasteiger partial charge in [-0.15, -0.1) is 0 Å². The van der Waals surface area contributed by atoms with Crippen LogP contribution in [0.25, 0.3) is 0 Å². The average molecular weight is 306 g/mol. The second-order valence-electron chi connectivity index (χ2n) is 4.42. The van der Waals surface area contributed by atoms with Crippen molar-refractivity contribution in [3.63, 3.8) is 0 Å². The Kier molecular flexibility index (Phi) is 4.42. The van der Waals surface area contributed by atoms with Crippen LogP contribution in [0.15, 0.2) is 30.0 Å². The maximum atomic E-state index is 12.0. The van der Waals surface area contributed by atoms with Crippen LogP contribution in [0.1, 0.15) is 10.4 Å². The number of aromatic carboxylic acids is 1. The molecule has 0 spiro atoms. The highest BCUT2D eigenvalue weighted by Crippen LogP contribution is 2.25. The van der Waals surface area contributed by atoms with Crippen LogP contribution in [0.4, 0.5) is 5.69 Å². The number of β-amino-alcohol motifs (C(OH)–C–C–N with tert-alkyl or cyclic N) is 1. The molecule has 1 aromatic rings. The molecule has 0 aliphatic carbocycles. The van der Waals surface area contributed by atoms with Gasteiger partial charge in [-0.3, -0.25) is 14.5 Å². The van der Waals surface area contributed by atoms with Crippen LogP contribution in [0, 0.1) is 0 Å². The lowest BCUT2D eigenvalue weighted by Gasteiger charge is -2.14. The van der Waals surface area contributed by atoms with Crippen LogP contribution < -0.4 is 10.1 Å². The molecule has 1 heterocycles. The third kappa shape index (κ3) is 2.91. The molecular weight excluding hydrogens is 292 g/mol. The predicted octanol–water partition coefficient (Wildman–Crippen LogP) is 0.0503. The second kappa shape index (κ2) is 6.27. The van der Waals surface area contributed by atoms with Crippen LogP contribution in [0.5, 0.6) is 5.75 Å². The van der Waals surface area contributed by atoms with Crippen LogP contribution in [-0.4, -0.2) is 53.2 Å². The van der Waals surface area contributed by atoms with Crippen molar-refractivity contribution in [3.8, 4) is 5.75 Å². The van der Waals surface area contributed by atoms with Gasteiger partial charge in [-0.25, -0.2) is 4.79 Å². The number of nitrogens with zero attached hydrogens (tertiary/aromatic N) is 1. The number of hydrogen-bond donors (Lipinski definition) is 3. The topological polar surface area (TPSA) is 116 Å². The predicted molar refractivity (Wildman–Crippen MR) is 75.5 cm³/mol. The minimum atomic E-state index is -1.20. The van der Waals surface area contributed by atoms with Crippen LogP contribution in [0.2, 0.25) is 0 Å². The first-order valence-electron chi connectivity index (χ1n) is 6.34. The number of rotatable bonds is 6. The van der Waals surface area contributed by atoms with Gasteiger partial charge in [0, 0.05) is 6.08 Å². The van der Waals surface area contributed by atoms with Crippen molar-refractivity contribution in [1.82, 2.24) is 4.90 Å². The van der Waals surface area contributed by atoms with Crippen molar-refractivity contribution < 1.29 is 29.3 Å². The average Bonchev–Trinajstić information content (AvgIpc) is 2.75. The molecule has 0 atom stereocenters. The van der Waals surface area contributed by atoms with Crippen LogP contribution in [-0.2, 0) is 9.59 Å². The third-order valence-electron chi connectivity index (χ3n) is 3.06. The molecule has 0 aromatic heterocycles. The summed E-state index contributed by atoms with van der Waals surface area (Å²) in [7, 11) is 1.41. The van der Waals surface area contributed by atoms with Crippen LogP contribution >= 0.6 is 0 Å². The second-order valence-corrected chi connectivity index (χ2v) is 4.42. The lowest BCUT2D eigenvalue weighted by molar-refractivity contribution is -0.137. The van der Waals surface area contributed by atoms with Crippen molar-refractivity contribution in [1.29, 1.82) is 0 Å². The van der Waals surface area contributed by atoms with Gasteiger partial charge < -0.3 is 20.3 Å². The first-order valence-corrected chi connectivity index (χ1v) is 6.34. The number of nitrogens with one attached hydrogen (secondary N) is 1. The molecule has 2 amide bonds. The Labute approximate surface area is 125 Å². The van der Waals surface area contributed by atoms with Crippen molar-refractivity contribution >= 4 is 23.5 Å². The number of carbonyl (C=O) groups excluding carboxylic acids is 2. The number of ether oxygens (including phenoxy) is 1. The number of carboxylic acid groups (broad SMARTS) is 1. The molecule has 0 saturated carbocycles.